The molecule has 0 aliphatic carbocycles. The zero-order valence-corrected chi connectivity index (χ0v) is 13.8. The zero-order valence-electron chi connectivity index (χ0n) is 13.8. The number of hydrogen-bond donors (Lipinski definition) is 3. The maximum absolute atomic E-state index is 12.2. The van der Waals surface area contributed by atoms with Crippen LogP contribution >= 0.6 is 0 Å². The zero-order chi connectivity index (χ0) is 16.7. The fourth-order valence-corrected chi connectivity index (χ4v) is 3.74. The number of esters is 1. The van der Waals surface area contributed by atoms with Crippen molar-refractivity contribution in [3.8, 4) is 0 Å². The van der Waals surface area contributed by atoms with Crippen LogP contribution in [0.25, 0.3) is 0 Å². The van der Waals surface area contributed by atoms with Crippen LogP contribution in [-0.4, -0.2) is 76.4 Å². The summed E-state index contributed by atoms with van der Waals surface area (Å²) in [4.78, 5) is 12.2. The summed E-state index contributed by atoms with van der Waals surface area (Å²) in [7, 11) is 2.09. The van der Waals surface area contributed by atoms with Crippen LogP contribution in [0.2, 0.25) is 0 Å². The molecule has 0 saturated carbocycles. The Hall–Kier alpha value is -0.950. The second-order valence-electron chi connectivity index (χ2n) is 7.20. The van der Waals surface area contributed by atoms with Crippen molar-refractivity contribution >= 4 is 5.97 Å². The molecule has 3 N–H and O–H groups in total. The van der Waals surface area contributed by atoms with Crippen molar-refractivity contribution in [2.24, 2.45) is 5.92 Å². The molecule has 2 aliphatic heterocycles. The van der Waals surface area contributed by atoms with Crippen molar-refractivity contribution in [2.75, 3.05) is 26.7 Å². The van der Waals surface area contributed by atoms with Gasteiger partial charge in [-0.25, -0.2) is 4.79 Å². The van der Waals surface area contributed by atoms with Gasteiger partial charge in [-0.1, -0.05) is 13.8 Å². The molecule has 0 aromatic carbocycles. The molecule has 6 nitrogen and oxygen atoms in total. The Labute approximate surface area is 131 Å². The molecule has 1 unspecified atom stereocenters. The molecule has 2 aliphatic rings. The van der Waals surface area contributed by atoms with Crippen LogP contribution < -0.4 is 0 Å². The number of carbonyl (C=O) groups excluding carboxylic acids is 1. The van der Waals surface area contributed by atoms with Crippen LogP contribution in [0.15, 0.2) is 11.6 Å². The molecular weight excluding hydrogens is 286 g/mol. The Morgan fingerprint density at radius 1 is 1.50 bits per heavy atom. The number of aliphatic hydroxyl groups is 3. The fourth-order valence-electron chi connectivity index (χ4n) is 3.74. The summed E-state index contributed by atoms with van der Waals surface area (Å²) in [5.74, 6) is -1.28. The first kappa shape index (κ1) is 17.4. The van der Waals surface area contributed by atoms with E-state index in [-0.39, 0.29) is 12.6 Å². The van der Waals surface area contributed by atoms with Gasteiger partial charge < -0.3 is 24.5 Å². The number of ether oxygens (including phenoxy) is 1. The standard InChI is InChI=1S/C16H28NO5/c1-10(2)16(21,11(3)18)15(20)22-9-12-5-7-17(4)8-6-13(19)14(12)17/h5,10-11,13-14,18-19,21H,6-9H2,1-4H3/q+1/t11-,13+,14-,16+,17?/m1/s1. The molecule has 1 saturated heterocycles. The number of likely N-dealkylation sites (N-methyl/N-ethyl adjacent to an activating group) is 1. The van der Waals surface area contributed by atoms with E-state index in [9.17, 15) is 20.1 Å². The molecule has 2 heterocycles. The summed E-state index contributed by atoms with van der Waals surface area (Å²) in [6, 6.07) is -0.0357. The molecule has 126 valence electrons. The molecule has 0 bridgehead atoms. The van der Waals surface area contributed by atoms with Crippen LogP contribution in [0.1, 0.15) is 27.2 Å². The number of carbonyl (C=O) groups is 1. The average Bonchev–Trinajstić information content (AvgIpc) is 2.92. The number of rotatable bonds is 5. The Morgan fingerprint density at radius 3 is 2.68 bits per heavy atom. The van der Waals surface area contributed by atoms with Crippen molar-refractivity contribution in [3.63, 3.8) is 0 Å². The molecule has 5 atom stereocenters. The molecule has 6 heteroatoms. The Kier molecular flexibility index (Phi) is 4.69. The summed E-state index contributed by atoms with van der Waals surface area (Å²) < 4.78 is 6.03. The lowest BCUT2D eigenvalue weighted by Gasteiger charge is -2.33. The van der Waals surface area contributed by atoms with Gasteiger partial charge in [-0.15, -0.1) is 0 Å². The first-order valence-electron chi connectivity index (χ1n) is 7.91. The van der Waals surface area contributed by atoms with E-state index < -0.39 is 29.7 Å². The molecule has 0 aromatic rings. The third kappa shape index (κ3) is 2.69. The van der Waals surface area contributed by atoms with Crippen LogP contribution in [0.4, 0.5) is 0 Å². The minimum absolute atomic E-state index is 0.0357. The monoisotopic (exact) mass is 314 g/mol. The van der Waals surface area contributed by atoms with Gasteiger partial charge in [-0.2, -0.15) is 0 Å². The van der Waals surface area contributed by atoms with Gasteiger partial charge in [0.05, 0.1) is 26.2 Å². The lowest BCUT2D eigenvalue weighted by molar-refractivity contribution is -0.906. The summed E-state index contributed by atoms with van der Waals surface area (Å²) in [5.41, 5.74) is -1.01. The first-order valence-corrected chi connectivity index (χ1v) is 7.91. The van der Waals surface area contributed by atoms with Gasteiger partial charge in [0.25, 0.3) is 0 Å². The van der Waals surface area contributed by atoms with Crippen molar-refractivity contribution in [1.82, 2.24) is 0 Å². The summed E-state index contributed by atoms with van der Waals surface area (Å²) in [6.07, 6.45) is 1.13. The predicted molar refractivity (Wildman–Crippen MR) is 80.8 cm³/mol. The van der Waals surface area contributed by atoms with Crippen molar-refractivity contribution in [1.29, 1.82) is 0 Å². The molecule has 0 aromatic heterocycles. The van der Waals surface area contributed by atoms with E-state index in [4.69, 9.17) is 4.74 Å². The van der Waals surface area contributed by atoms with E-state index in [1.165, 1.54) is 6.92 Å². The SMILES string of the molecule is CC(C)[C@@](O)(C(=O)OCC1=CC[N+]2(C)CC[C@H](O)[C@@H]12)[C@@H](C)O. The van der Waals surface area contributed by atoms with E-state index >= 15 is 0 Å². The third-order valence-corrected chi connectivity index (χ3v) is 5.34. The molecule has 0 spiro atoms. The molecule has 2 rings (SSSR count). The number of hydrogen-bond acceptors (Lipinski definition) is 5. The highest BCUT2D eigenvalue weighted by atomic mass is 16.6. The number of nitrogens with zero attached hydrogens (tertiary/aromatic N) is 1. The van der Waals surface area contributed by atoms with Gasteiger partial charge >= 0.3 is 5.97 Å². The van der Waals surface area contributed by atoms with Gasteiger partial charge in [0.15, 0.2) is 5.60 Å². The Morgan fingerprint density at radius 2 is 2.14 bits per heavy atom. The maximum atomic E-state index is 12.2. The topological polar surface area (TPSA) is 87.0 Å². The molecule has 0 amide bonds. The molecule has 0 radical (unpaired) electrons. The van der Waals surface area contributed by atoms with E-state index in [0.717, 1.165) is 29.6 Å². The number of aliphatic hydroxyl groups excluding tert-OH is 2. The molecule has 1 fully saturated rings. The lowest BCUT2D eigenvalue weighted by Crippen LogP contribution is -2.54. The fraction of sp³-hybridized carbons (Fsp3) is 0.812. The second-order valence-corrected chi connectivity index (χ2v) is 7.20. The Bertz CT molecular complexity index is 465. The third-order valence-electron chi connectivity index (χ3n) is 5.34. The van der Waals surface area contributed by atoms with E-state index in [2.05, 4.69) is 7.05 Å². The van der Waals surface area contributed by atoms with E-state index in [1.54, 1.807) is 13.8 Å². The highest BCUT2D eigenvalue weighted by molar-refractivity contribution is 5.80. The summed E-state index contributed by atoms with van der Waals surface area (Å²) in [5, 5.41) is 30.3. The smallest absolute Gasteiger partial charge is 0.341 e. The van der Waals surface area contributed by atoms with E-state index in [0.29, 0.717) is 0 Å². The highest BCUT2D eigenvalue weighted by Crippen LogP contribution is 2.35. The highest BCUT2D eigenvalue weighted by Gasteiger charge is 2.51. The number of fused-ring (bicyclic) bond motifs is 1. The van der Waals surface area contributed by atoms with Crippen LogP contribution in [0.5, 0.6) is 0 Å². The van der Waals surface area contributed by atoms with Gasteiger partial charge in [-0.05, 0) is 18.9 Å². The van der Waals surface area contributed by atoms with Gasteiger partial charge in [0, 0.05) is 12.0 Å². The van der Waals surface area contributed by atoms with Crippen LogP contribution in [0, 0.1) is 5.92 Å². The Balaban J connectivity index is 2.03. The van der Waals surface area contributed by atoms with Crippen LogP contribution in [-0.2, 0) is 9.53 Å². The minimum Gasteiger partial charge on any atom is -0.459 e. The van der Waals surface area contributed by atoms with Gasteiger partial charge in [0.2, 0.25) is 0 Å². The maximum Gasteiger partial charge on any atom is 0.341 e. The van der Waals surface area contributed by atoms with Gasteiger partial charge in [0.1, 0.15) is 18.8 Å². The van der Waals surface area contributed by atoms with E-state index in [1.807, 2.05) is 6.08 Å². The van der Waals surface area contributed by atoms with Crippen molar-refractivity contribution < 1.29 is 29.3 Å². The predicted octanol–water partition coefficient (Wildman–Crippen LogP) is -0.183. The quantitative estimate of drug-likeness (QED) is 0.372. The summed E-state index contributed by atoms with van der Waals surface area (Å²) in [6.45, 7) is 6.48. The van der Waals surface area contributed by atoms with Crippen molar-refractivity contribution in [3.05, 3.63) is 11.6 Å². The van der Waals surface area contributed by atoms with Crippen molar-refractivity contribution in [2.45, 2.75) is 51.0 Å². The normalized spacial score (nSPS) is 35.0. The molecular formula is C16H28NO5+. The minimum atomic E-state index is -1.91. The first-order chi connectivity index (χ1) is 10.1. The second kappa shape index (κ2) is 5.92. The van der Waals surface area contributed by atoms with Gasteiger partial charge in [-0.3, -0.25) is 0 Å². The average molecular weight is 314 g/mol. The largest absolute Gasteiger partial charge is 0.459 e. The van der Waals surface area contributed by atoms with Crippen LogP contribution in [0.3, 0.4) is 0 Å². The number of quaternary nitrogens is 1. The summed E-state index contributed by atoms with van der Waals surface area (Å²) >= 11 is 0. The lowest BCUT2D eigenvalue weighted by atomic mass is 9.85. The molecule has 22 heavy (non-hydrogen) atoms.